The fourth-order valence-electron chi connectivity index (χ4n) is 1.71. The highest BCUT2D eigenvalue weighted by Crippen LogP contribution is 2.11. The van der Waals surface area contributed by atoms with Gasteiger partial charge in [0.1, 0.15) is 5.76 Å². The van der Waals surface area contributed by atoms with Crippen LogP contribution in [0.25, 0.3) is 0 Å². The average molecular weight is 220 g/mol. The van der Waals surface area contributed by atoms with Crippen LogP contribution in [0.3, 0.4) is 0 Å². The SMILES string of the molecule is Cc1nn(C)c(C)c1CNCc1cnco1. The average Bonchev–Trinajstić information content (AvgIpc) is 2.82. The summed E-state index contributed by atoms with van der Waals surface area (Å²) in [4.78, 5) is 3.86. The Bertz CT molecular complexity index is 459. The minimum absolute atomic E-state index is 0.688. The molecule has 0 bridgehead atoms. The van der Waals surface area contributed by atoms with Gasteiger partial charge in [-0.15, -0.1) is 0 Å². The smallest absolute Gasteiger partial charge is 0.180 e. The molecule has 5 heteroatoms. The molecule has 0 aromatic carbocycles. The molecule has 0 aliphatic carbocycles. The third-order valence-corrected chi connectivity index (χ3v) is 2.74. The number of nitrogens with zero attached hydrogens (tertiary/aromatic N) is 3. The van der Waals surface area contributed by atoms with E-state index in [0.29, 0.717) is 6.54 Å². The summed E-state index contributed by atoms with van der Waals surface area (Å²) in [7, 11) is 1.96. The van der Waals surface area contributed by atoms with Gasteiger partial charge in [-0.3, -0.25) is 4.68 Å². The summed E-state index contributed by atoms with van der Waals surface area (Å²) >= 11 is 0. The lowest BCUT2D eigenvalue weighted by Crippen LogP contribution is -2.13. The number of aromatic nitrogens is 3. The predicted octanol–water partition coefficient (Wildman–Crippen LogP) is 1.31. The third kappa shape index (κ3) is 2.14. The van der Waals surface area contributed by atoms with E-state index >= 15 is 0 Å². The molecule has 0 radical (unpaired) electrons. The molecule has 2 rings (SSSR count). The molecule has 0 fully saturated rings. The first-order valence-corrected chi connectivity index (χ1v) is 5.25. The van der Waals surface area contributed by atoms with Crippen LogP contribution in [-0.2, 0) is 20.1 Å². The lowest BCUT2D eigenvalue weighted by atomic mass is 10.2. The van der Waals surface area contributed by atoms with E-state index in [9.17, 15) is 0 Å². The number of hydrogen-bond donors (Lipinski definition) is 1. The summed E-state index contributed by atoms with van der Waals surface area (Å²) in [5.74, 6) is 0.846. The Balaban J connectivity index is 1.95. The highest BCUT2D eigenvalue weighted by atomic mass is 16.3. The van der Waals surface area contributed by atoms with E-state index in [1.807, 2.05) is 18.7 Å². The van der Waals surface area contributed by atoms with Gasteiger partial charge in [0.05, 0.1) is 18.4 Å². The lowest BCUT2D eigenvalue weighted by molar-refractivity contribution is 0.478. The van der Waals surface area contributed by atoms with Crippen molar-refractivity contribution in [2.75, 3.05) is 0 Å². The summed E-state index contributed by atoms with van der Waals surface area (Å²) in [5, 5.41) is 7.68. The fraction of sp³-hybridized carbons (Fsp3) is 0.455. The zero-order chi connectivity index (χ0) is 11.5. The van der Waals surface area contributed by atoms with Gasteiger partial charge in [0.25, 0.3) is 0 Å². The van der Waals surface area contributed by atoms with E-state index in [2.05, 4.69) is 22.3 Å². The van der Waals surface area contributed by atoms with Crippen LogP contribution < -0.4 is 5.32 Å². The van der Waals surface area contributed by atoms with Crippen LogP contribution in [0.1, 0.15) is 22.7 Å². The van der Waals surface area contributed by atoms with Crippen LogP contribution in [0.5, 0.6) is 0 Å². The molecule has 0 atom stereocenters. The van der Waals surface area contributed by atoms with Crippen molar-refractivity contribution >= 4 is 0 Å². The van der Waals surface area contributed by atoms with Crippen molar-refractivity contribution in [3.05, 3.63) is 35.3 Å². The van der Waals surface area contributed by atoms with Crippen LogP contribution >= 0.6 is 0 Å². The minimum Gasteiger partial charge on any atom is -0.447 e. The maximum atomic E-state index is 5.14. The molecule has 0 amide bonds. The Kier molecular flexibility index (Phi) is 3.05. The summed E-state index contributed by atoms with van der Waals surface area (Å²) < 4.78 is 7.05. The number of hydrogen-bond acceptors (Lipinski definition) is 4. The highest BCUT2D eigenvalue weighted by Gasteiger charge is 2.08. The van der Waals surface area contributed by atoms with E-state index in [4.69, 9.17) is 4.42 Å². The van der Waals surface area contributed by atoms with Gasteiger partial charge in [0.15, 0.2) is 6.39 Å². The first-order valence-electron chi connectivity index (χ1n) is 5.25. The van der Waals surface area contributed by atoms with E-state index in [1.165, 1.54) is 17.7 Å². The minimum atomic E-state index is 0.688. The Hall–Kier alpha value is -1.62. The topological polar surface area (TPSA) is 55.9 Å². The van der Waals surface area contributed by atoms with Gasteiger partial charge in [-0.05, 0) is 13.8 Å². The van der Waals surface area contributed by atoms with Crippen molar-refractivity contribution < 1.29 is 4.42 Å². The van der Waals surface area contributed by atoms with Gasteiger partial charge >= 0.3 is 0 Å². The molecule has 86 valence electrons. The van der Waals surface area contributed by atoms with Crippen molar-refractivity contribution in [3.8, 4) is 0 Å². The monoisotopic (exact) mass is 220 g/mol. The Morgan fingerprint density at radius 2 is 2.19 bits per heavy atom. The molecule has 2 aromatic rings. The summed E-state index contributed by atoms with van der Waals surface area (Å²) in [6.45, 7) is 5.59. The molecule has 16 heavy (non-hydrogen) atoms. The van der Waals surface area contributed by atoms with Crippen molar-refractivity contribution in [3.63, 3.8) is 0 Å². The molecule has 5 nitrogen and oxygen atoms in total. The molecule has 0 aliphatic rings. The Morgan fingerprint density at radius 3 is 2.75 bits per heavy atom. The third-order valence-electron chi connectivity index (χ3n) is 2.74. The number of rotatable bonds is 4. The first kappa shape index (κ1) is 10.9. The van der Waals surface area contributed by atoms with Gasteiger partial charge in [-0.2, -0.15) is 5.10 Å². The largest absolute Gasteiger partial charge is 0.447 e. The van der Waals surface area contributed by atoms with E-state index < -0.39 is 0 Å². The molecule has 0 saturated carbocycles. The molecule has 0 saturated heterocycles. The maximum absolute atomic E-state index is 5.14. The molecule has 2 aromatic heterocycles. The lowest BCUT2D eigenvalue weighted by Gasteiger charge is -2.03. The van der Waals surface area contributed by atoms with Crippen LogP contribution in [0.4, 0.5) is 0 Å². The van der Waals surface area contributed by atoms with Gasteiger partial charge in [0, 0.05) is 24.8 Å². The van der Waals surface area contributed by atoms with Crippen LogP contribution in [0.15, 0.2) is 17.0 Å². The molecular formula is C11H16N4O. The maximum Gasteiger partial charge on any atom is 0.180 e. The van der Waals surface area contributed by atoms with Crippen LogP contribution in [-0.4, -0.2) is 14.8 Å². The Labute approximate surface area is 94.5 Å². The molecular weight excluding hydrogens is 204 g/mol. The summed E-state index contributed by atoms with van der Waals surface area (Å²) in [6.07, 6.45) is 3.16. The standard InChI is InChI=1S/C11H16N4O/c1-8-11(9(2)15(3)14-8)6-12-4-10-5-13-7-16-10/h5,7,12H,4,6H2,1-3H3. The second-order valence-corrected chi connectivity index (χ2v) is 3.84. The van der Waals surface area contributed by atoms with E-state index in [1.54, 1.807) is 6.20 Å². The summed E-state index contributed by atoms with van der Waals surface area (Å²) in [5.41, 5.74) is 3.52. The highest BCUT2D eigenvalue weighted by molar-refractivity contribution is 5.23. The van der Waals surface area contributed by atoms with E-state index in [-0.39, 0.29) is 0 Å². The van der Waals surface area contributed by atoms with Crippen molar-refractivity contribution in [1.82, 2.24) is 20.1 Å². The first-order chi connectivity index (χ1) is 7.68. The van der Waals surface area contributed by atoms with Crippen molar-refractivity contribution in [2.45, 2.75) is 26.9 Å². The van der Waals surface area contributed by atoms with E-state index in [0.717, 1.165) is 18.0 Å². The second-order valence-electron chi connectivity index (χ2n) is 3.84. The normalized spacial score (nSPS) is 10.9. The van der Waals surface area contributed by atoms with Crippen LogP contribution in [0, 0.1) is 13.8 Å². The number of nitrogens with one attached hydrogen (secondary N) is 1. The fourth-order valence-corrected chi connectivity index (χ4v) is 1.71. The van der Waals surface area contributed by atoms with Crippen molar-refractivity contribution in [2.24, 2.45) is 7.05 Å². The van der Waals surface area contributed by atoms with Crippen molar-refractivity contribution in [1.29, 1.82) is 0 Å². The quantitative estimate of drug-likeness (QED) is 0.844. The summed E-state index contributed by atoms with van der Waals surface area (Å²) in [6, 6.07) is 0. The van der Waals surface area contributed by atoms with Gasteiger partial charge in [0.2, 0.25) is 0 Å². The van der Waals surface area contributed by atoms with Gasteiger partial charge < -0.3 is 9.73 Å². The second kappa shape index (κ2) is 4.49. The zero-order valence-corrected chi connectivity index (χ0v) is 9.82. The molecule has 1 N–H and O–H groups in total. The molecule has 0 spiro atoms. The van der Waals surface area contributed by atoms with Crippen LogP contribution in [0.2, 0.25) is 0 Å². The van der Waals surface area contributed by atoms with Gasteiger partial charge in [-0.1, -0.05) is 0 Å². The molecule has 0 aliphatic heterocycles. The molecule has 0 unspecified atom stereocenters. The number of aryl methyl sites for hydroxylation is 2. The van der Waals surface area contributed by atoms with Gasteiger partial charge in [-0.25, -0.2) is 4.98 Å². The number of oxazole rings is 1. The molecule has 2 heterocycles. The zero-order valence-electron chi connectivity index (χ0n) is 9.82. The Morgan fingerprint density at radius 1 is 1.38 bits per heavy atom. The predicted molar refractivity (Wildman–Crippen MR) is 59.7 cm³/mol.